The first kappa shape index (κ1) is 11.7. The molecule has 3 heteroatoms. The van der Waals surface area contributed by atoms with E-state index in [4.69, 9.17) is 0 Å². The highest BCUT2D eigenvalue weighted by Crippen LogP contribution is 2.46. The van der Waals surface area contributed by atoms with E-state index in [0.717, 1.165) is 16.8 Å². The molecular formula is C14H17NO2. The van der Waals surface area contributed by atoms with E-state index in [1.54, 1.807) is 6.08 Å². The highest BCUT2D eigenvalue weighted by atomic mass is 16.3. The fraction of sp³-hybridized carbons (Fsp3) is 0.357. The molecule has 0 saturated carbocycles. The van der Waals surface area contributed by atoms with Crippen molar-refractivity contribution in [2.75, 3.05) is 5.32 Å². The second-order valence-electron chi connectivity index (χ2n) is 5.02. The number of fused-ring (bicyclic) bond motifs is 1. The minimum atomic E-state index is -0.679. The molecule has 3 nitrogen and oxygen atoms in total. The van der Waals surface area contributed by atoms with E-state index in [1.807, 2.05) is 26.8 Å². The molecule has 0 aliphatic carbocycles. The molecule has 0 bridgehead atoms. The van der Waals surface area contributed by atoms with Crippen LogP contribution >= 0.6 is 0 Å². The zero-order valence-electron chi connectivity index (χ0n) is 10.4. The molecule has 90 valence electrons. The summed E-state index contributed by atoms with van der Waals surface area (Å²) in [6.07, 6.45) is 2.35. The normalized spacial score (nSPS) is 16.5. The van der Waals surface area contributed by atoms with Crippen molar-refractivity contribution in [3.63, 3.8) is 0 Å². The molecule has 0 fully saturated rings. The van der Waals surface area contributed by atoms with Gasteiger partial charge in [0.1, 0.15) is 5.75 Å². The number of phenolic OH excluding ortho intramolecular Hbond substituents is 1. The van der Waals surface area contributed by atoms with Gasteiger partial charge >= 0.3 is 0 Å². The van der Waals surface area contributed by atoms with Gasteiger partial charge in [-0.25, -0.2) is 0 Å². The molecule has 17 heavy (non-hydrogen) atoms. The van der Waals surface area contributed by atoms with Crippen LogP contribution in [-0.4, -0.2) is 11.0 Å². The standard InChI is InChI=1S/C14H17NO2/c1-5-6-9-7-8(2)11-10(12(9)16)14(3,4)13(17)15-11/h5,7,16H,1,6H2,2-4H3,(H,15,17). The number of amides is 1. The fourth-order valence-electron chi connectivity index (χ4n) is 2.34. The van der Waals surface area contributed by atoms with Gasteiger partial charge in [-0.1, -0.05) is 12.1 Å². The predicted molar refractivity (Wildman–Crippen MR) is 68.4 cm³/mol. The van der Waals surface area contributed by atoms with Crippen molar-refractivity contribution in [2.24, 2.45) is 0 Å². The van der Waals surface area contributed by atoms with Crippen LogP contribution in [0.2, 0.25) is 0 Å². The van der Waals surface area contributed by atoms with Gasteiger partial charge < -0.3 is 10.4 Å². The van der Waals surface area contributed by atoms with Gasteiger partial charge in [0.25, 0.3) is 0 Å². The number of aromatic hydroxyl groups is 1. The molecular weight excluding hydrogens is 214 g/mol. The van der Waals surface area contributed by atoms with Crippen LogP contribution in [0.5, 0.6) is 5.75 Å². The average Bonchev–Trinajstić information content (AvgIpc) is 2.48. The van der Waals surface area contributed by atoms with Gasteiger partial charge in [0.2, 0.25) is 5.91 Å². The summed E-state index contributed by atoms with van der Waals surface area (Å²) in [5.74, 6) is 0.149. The zero-order valence-corrected chi connectivity index (χ0v) is 10.4. The number of rotatable bonds is 2. The average molecular weight is 231 g/mol. The summed E-state index contributed by atoms with van der Waals surface area (Å²) >= 11 is 0. The molecule has 0 radical (unpaired) electrons. The Hall–Kier alpha value is -1.77. The first-order valence-electron chi connectivity index (χ1n) is 5.68. The number of phenols is 1. The van der Waals surface area contributed by atoms with Crippen LogP contribution in [0.15, 0.2) is 18.7 Å². The van der Waals surface area contributed by atoms with Crippen molar-refractivity contribution in [1.29, 1.82) is 0 Å². The highest BCUT2D eigenvalue weighted by molar-refractivity contribution is 6.07. The van der Waals surface area contributed by atoms with E-state index in [2.05, 4.69) is 11.9 Å². The van der Waals surface area contributed by atoms with Crippen LogP contribution in [0.1, 0.15) is 30.5 Å². The quantitative estimate of drug-likeness (QED) is 0.769. The summed E-state index contributed by atoms with van der Waals surface area (Å²) < 4.78 is 0. The largest absolute Gasteiger partial charge is 0.507 e. The Bertz CT molecular complexity index is 515. The Morgan fingerprint density at radius 3 is 2.76 bits per heavy atom. The number of hydrogen-bond acceptors (Lipinski definition) is 2. The van der Waals surface area contributed by atoms with Crippen molar-refractivity contribution in [1.82, 2.24) is 0 Å². The third-order valence-corrected chi connectivity index (χ3v) is 3.37. The molecule has 0 aromatic heterocycles. The smallest absolute Gasteiger partial charge is 0.234 e. The number of anilines is 1. The van der Waals surface area contributed by atoms with Crippen LogP contribution in [0.4, 0.5) is 5.69 Å². The van der Waals surface area contributed by atoms with Crippen LogP contribution in [0.3, 0.4) is 0 Å². The number of aryl methyl sites for hydroxylation is 1. The summed E-state index contributed by atoms with van der Waals surface area (Å²) in [6.45, 7) is 9.26. The fourth-order valence-corrected chi connectivity index (χ4v) is 2.34. The van der Waals surface area contributed by atoms with Gasteiger partial charge in [-0.3, -0.25) is 4.79 Å². The van der Waals surface area contributed by atoms with Crippen molar-refractivity contribution in [3.05, 3.63) is 35.4 Å². The van der Waals surface area contributed by atoms with Crippen molar-refractivity contribution < 1.29 is 9.90 Å². The minimum absolute atomic E-state index is 0.0679. The van der Waals surface area contributed by atoms with Crippen molar-refractivity contribution >= 4 is 11.6 Å². The third-order valence-electron chi connectivity index (χ3n) is 3.37. The summed E-state index contributed by atoms with van der Waals surface area (Å²) in [6, 6.07) is 1.90. The Kier molecular flexibility index (Phi) is 2.49. The first-order valence-corrected chi connectivity index (χ1v) is 5.68. The maximum Gasteiger partial charge on any atom is 0.234 e. The highest BCUT2D eigenvalue weighted by Gasteiger charge is 2.42. The molecule has 1 aliphatic heterocycles. The molecule has 2 N–H and O–H groups in total. The number of allylic oxidation sites excluding steroid dienone is 1. The SMILES string of the molecule is C=CCc1cc(C)c2c(c1O)C(C)(C)C(=O)N2. The number of carbonyl (C=O) groups is 1. The van der Waals surface area contributed by atoms with Crippen molar-refractivity contribution in [2.45, 2.75) is 32.6 Å². The Labute approximate surface area is 101 Å². The predicted octanol–water partition coefficient (Wildman–Crippen LogP) is 2.66. The summed E-state index contributed by atoms with van der Waals surface area (Å²) in [4.78, 5) is 11.9. The monoisotopic (exact) mass is 231 g/mol. The van der Waals surface area contributed by atoms with Crippen LogP contribution in [0, 0.1) is 6.92 Å². The van der Waals surface area contributed by atoms with Gasteiger partial charge in [-0.15, -0.1) is 6.58 Å². The number of carbonyl (C=O) groups excluding carboxylic acids is 1. The summed E-state index contributed by atoms with van der Waals surface area (Å²) in [5, 5.41) is 13.1. The Balaban J connectivity index is 2.72. The van der Waals surface area contributed by atoms with Gasteiger partial charge in [0.15, 0.2) is 0 Å². The molecule has 1 aromatic carbocycles. The van der Waals surface area contributed by atoms with Crippen LogP contribution in [0.25, 0.3) is 0 Å². The minimum Gasteiger partial charge on any atom is -0.507 e. The number of nitrogens with one attached hydrogen (secondary N) is 1. The molecule has 0 unspecified atom stereocenters. The summed E-state index contributed by atoms with van der Waals surface area (Å²) in [5.41, 5.74) is 2.58. The lowest BCUT2D eigenvalue weighted by molar-refractivity contribution is -0.119. The van der Waals surface area contributed by atoms with Gasteiger partial charge in [-0.05, 0) is 38.3 Å². The van der Waals surface area contributed by atoms with E-state index < -0.39 is 5.41 Å². The zero-order chi connectivity index (χ0) is 12.8. The molecule has 1 amide bonds. The lowest BCUT2D eigenvalue weighted by Gasteiger charge is -2.18. The molecule has 1 aliphatic rings. The second kappa shape index (κ2) is 3.62. The lowest BCUT2D eigenvalue weighted by atomic mass is 9.83. The summed E-state index contributed by atoms with van der Waals surface area (Å²) in [7, 11) is 0. The van der Waals surface area contributed by atoms with Crippen LogP contribution < -0.4 is 5.32 Å². The molecule has 2 rings (SSSR count). The topological polar surface area (TPSA) is 49.3 Å². The van der Waals surface area contributed by atoms with Gasteiger partial charge in [-0.2, -0.15) is 0 Å². The Morgan fingerprint density at radius 1 is 1.53 bits per heavy atom. The van der Waals surface area contributed by atoms with Gasteiger partial charge in [0.05, 0.1) is 11.1 Å². The van der Waals surface area contributed by atoms with Gasteiger partial charge in [0, 0.05) is 5.56 Å². The first-order chi connectivity index (χ1) is 7.89. The van der Waals surface area contributed by atoms with E-state index in [1.165, 1.54) is 0 Å². The van der Waals surface area contributed by atoms with E-state index in [9.17, 15) is 9.90 Å². The third kappa shape index (κ3) is 1.54. The molecule has 0 saturated heterocycles. The maximum atomic E-state index is 11.9. The molecule has 1 aromatic rings. The second-order valence-corrected chi connectivity index (χ2v) is 5.02. The molecule has 0 atom stereocenters. The van der Waals surface area contributed by atoms with E-state index in [0.29, 0.717) is 12.0 Å². The molecule has 1 heterocycles. The number of benzene rings is 1. The van der Waals surface area contributed by atoms with Crippen molar-refractivity contribution in [3.8, 4) is 5.75 Å². The van der Waals surface area contributed by atoms with E-state index >= 15 is 0 Å². The lowest BCUT2D eigenvalue weighted by Crippen LogP contribution is -2.27. The molecule has 0 spiro atoms. The number of hydrogen-bond donors (Lipinski definition) is 2. The Morgan fingerprint density at radius 2 is 2.18 bits per heavy atom. The van der Waals surface area contributed by atoms with Crippen LogP contribution in [-0.2, 0) is 16.6 Å². The maximum absolute atomic E-state index is 11.9. The van der Waals surface area contributed by atoms with E-state index in [-0.39, 0.29) is 11.7 Å².